The van der Waals surface area contributed by atoms with Crippen molar-refractivity contribution in [2.24, 2.45) is 0 Å². The first-order valence-corrected chi connectivity index (χ1v) is 7.01. The van der Waals surface area contributed by atoms with Crippen LogP contribution in [0.1, 0.15) is 24.5 Å². The number of aryl methyl sites for hydroxylation is 1. The third-order valence-electron chi connectivity index (χ3n) is 3.47. The zero-order chi connectivity index (χ0) is 17.2. The van der Waals surface area contributed by atoms with Gasteiger partial charge < -0.3 is 4.74 Å². The first-order chi connectivity index (χ1) is 10.8. The van der Waals surface area contributed by atoms with Gasteiger partial charge in [0.2, 0.25) is 0 Å². The molecule has 2 aromatic carbocycles. The smallest absolute Gasteiger partial charge is 0.320 e. The van der Waals surface area contributed by atoms with Crippen molar-refractivity contribution in [3.05, 3.63) is 58.9 Å². The molecular formula is C17H15F5O. The molecule has 0 atom stereocenters. The second-order valence-electron chi connectivity index (χ2n) is 5.10. The number of hydrogen-bond acceptors (Lipinski definition) is 1. The lowest BCUT2D eigenvalue weighted by atomic mass is 9.99. The molecule has 0 radical (unpaired) electrons. The van der Waals surface area contributed by atoms with Crippen molar-refractivity contribution < 1.29 is 26.7 Å². The number of ether oxygens (including phenoxy) is 1. The van der Waals surface area contributed by atoms with Gasteiger partial charge in [0.25, 0.3) is 0 Å². The molecule has 0 heterocycles. The normalized spacial score (nSPS) is 11.8. The second kappa shape index (κ2) is 6.66. The molecule has 2 aromatic rings. The van der Waals surface area contributed by atoms with Gasteiger partial charge in [0.15, 0.2) is 0 Å². The van der Waals surface area contributed by atoms with E-state index in [1.165, 1.54) is 12.1 Å². The lowest BCUT2D eigenvalue weighted by molar-refractivity contribution is -0.235. The minimum Gasteiger partial charge on any atom is -0.320 e. The second-order valence-corrected chi connectivity index (χ2v) is 5.10. The Kier molecular flexibility index (Phi) is 5.04. The van der Waals surface area contributed by atoms with Gasteiger partial charge in [-0.15, -0.1) is 0 Å². The first kappa shape index (κ1) is 17.4. The van der Waals surface area contributed by atoms with Crippen LogP contribution in [0.5, 0.6) is 0 Å². The number of rotatable bonds is 5. The quantitative estimate of drug-likeness (QED) is 0.665. The van der Waals surface area contributed by atoms with E-state index in [9.17, 15) is 22.0 Å². The highest BCUT2D eigenvalue weighted by atomic mass is 19.3. The summed E-state index contributed by atoms with van der Waals surface area (Å²) in [6, 6.07) is 5.62. The summed E-state index contributed by atoms with van der Waals surface area (Å²) in [7, 11) is 0.638. The van der Waals surface area contributed by atoms with Crippen molar-refractivity contribution in [2.75, 3.05) is 7.11 Å². The van der Waals surface area contributed by atoms with E-state index in [2.05, 4.69) is 4.74 Å². The van der Waals surface area contributed by atoms with Gasteiger partial charge in [0.05, 0.1) is 0 Å². The number of alkyl halides is 2. The molecule has 0 aliphatic carbocycles. The van der Waals surface area contributed by atoms with Crippen LogP contribution >= 0.6 is 0 Å². The van der Waals surface area contributed by atoms with Crippen LogP contribution in [0.4, 0.5) is 22.0 Å². The predicted molar refractivity (Wildman–Crippen MR) is 76.7 cm³/mol. The largest absolute Gasteiger partial charge is 0.388 e. The fraction of sp³-hybridized carbons (Fsp3) is 0.294. The van der Waals surface area contributed by atoms with E-state index in [1.54, 1.807) is 6.07 Å². The minimum absolute atomic E-state index is 0.0602. The molecule has 0 aromatic heterocycles. The maximum absolute atomic E-state index is 14.1. The van der Waals surface area contributed by atoms with Crippen LogP contribution < -0.4 is 0 Å². The van der Waals surface area contributed by atoms with Crippen molar-refractivity contribution in [3.63, 3.8) is 0 Å². The Morgan fingerprint density at radius 3 is 2.04 bits per heavy atom. The summed E-state index contributed by atoms with van der Waals surface area (Å²) in [6.07, 6.45) is -2.61. The predicted octanol–water partition coefficient (Wildman–Crippen LogP) is 5.42. The first-order valence-electron chi connectivity index (χ1n) is 7.01. The van der Waals surface area contributed by atoms with Crippen molar-refractivity contribution in [3.8, 4) is 11.1 Å². The summed E-state index contributed by atoms with van der Waals surface area (Å²) < 4.78 is 72.5. The van der Waals surface area contributed by atoms with E-state index in [-0.39, 0.29) is 11.1 Å². The Labute approximate surface area is 130 Å². The molecule has 0 saturated heterocycles. The average molecular weight is 330 g/mol. The Balaban J connectivity index is 2.50. The minimum atomic E-state index is -4.10. The van der Waals surface area contributed by atoms with E-state index in [0.717, 1.165) is 12.0 Å². The van der Waals surface area contributed by atoms with E-state index >= 15 is 0 Å². The van der Waals surface area contributed by atoms with E-state index in [4.69, 9.17) is 0 Å². The van der Waals surface area contributed by atoms with Gasteiger partial charge in [-0.3, -0.25) is 0 Å². The Hall–Kier alpha value is -1.95. The number of halogens is 5. The molecule has 0 unspecified atom stereocenters. The third kappa shape index (κ3) is 3.52. The summed E-state index contributed by atoms with van der Waals surface area (Å²) in [5.41, 5.74) is -0.963. The van der Waals surface area contributed by atoms with Crippen LogP contribution in [0, 0.1) is 17.5 Å². The van der Waals surface area contributed by atoms with Crippen molar-refractivity contribution in [1.29, 1.82) is 0 Å². The van der Waals surface area contributed by atoms with Gasteiger partial charge >= 0.3 is 6.11 Å². The molecule has 2 rings (SSSR count). The van der Waals surface area contributed by atoms with Crippen molar-refractivity contribution in [2.45, 2.75) is 25.9 Å². The van der Waals surface area contributed by atoms with Crippen LogP contribution in [0.2, 0.25) is 0 Å². The maximum atomic E-state index is 14.1. The van der Waals surface area contributed by atoms with Gasteiger partial charge in [0.1, 0.15) is 23.0 Å². The molecule has 0 amide bonds. The van der Waals surface area contributed by atoms with Crippen LogP contribution in [0.25, 0.3) is 11.1 Å². The van der Waals surface area contributed by atoms with Crippen molar-refractivity contribution in [1.82, 2.24) is 0 Å². The molecule has 0 spiro atoms. The molecule has 1 nitrogen and oxygen atoms in total. The highest BCUT2D eigenvalue weighted by molar-refractivity contribution is 5.65. The standard InChI is InChI=1S/C17H15F5O/c1-3-4-10-5-6-12(13(18)7-10)11-8-14(19)16(15(20)9-11)17(21,22)23-2/h5-9H,3-4H2,1-2H3. The van der Waals surface area contributed by atoms with Crippen LogP contribution in [0.3, 0.4) is 0 Å². The molecule has 0 aliphatic heterocycles. The molecular weight excluding hydrogens is 315 g/mol. The topological polar surface area (TPSA) is 9.23 Å². The lowest BCUT2D eigenvalue weighted by Crippen LogP contribution is -2.20. The Morgan fingerprint density at radius 1 is 0.957 bits per heavy atom. The average Bonchev–Trinajstić information content (AvgIpc) is 2.46. The fourth-order valence-corrected chi connectivity index (χ4v) is 2.35. The van der Waals surface area contributed by atoms with Gasteiger partial charge in [-0.25, -0.2) is 13.2 Å². The number of methoxy groups -OCH3 is 1. The monoisotopic (exact) mass is 330 g/mol. The highest BCUT2D eigenvalue weighted by Gasteiger charge is 2.38. The Bertz CT molecular complexity index is 689. The zero-order valence-corrected chi connectivity index (χ0v) is 12.6. The SMILES string of the molecule is CCCc1ccc(-c2cc(F)c(C(F)(F)OC)c(F)c2)c(F)c1. The summed E-state index contributed by atoms with van der Waals surface area (Å²) >= 11 is 0. The van der Waals surface area contributed by atoms with Gasteiger partial charge in [-0.2, -0.15) is 8.78 Å². The lowest BCUT2D eigenvalue weighted by Gasteiger charge is -2.17. The summed E-state index contributed by atoms with van der Waals surface area (Å²) in [4.78, 5) is 0. The molecule has 23 heavy (non-hydrogen) atoms. The molecule has 6 heteroatoms. The molecule has 0 fully saturated rings. The van der Waals surface area contributed by atoms with Gasteiger partial charge in [0, 0.05) is 12.7 Å². The van der Waals surface area contributed by atoms with Crippen molar-refractivity contribution >= 4 is 0 Å². The van der Waals surface area contributed by atoms with Gasteiger partial charge in [-0.05, 0) is 35.7 Å². The third-order valence-corrected chi connectivity index (χ3v) is 3.47. The van der Waals surface area contributed by atoms with E-state index in [1.807, 2.05) is 6.92 Å². The van der Waals surface area contributed by atoms with E-state index in [0.29, 0.717) is 25.7 Å². The van der Waals surface area contributed by atoms with Gasteiger partial charge in [-0.1, -0.05) is 25.5 Å². The summed E-state index contributed by atoms with van der Waals surface area (Å²) in [6.45, 7) is 1.94. The number of hydrogen-bond donors (Lipinski definition) is 0. The van der Waals surface area contributed by atoms with Crippen LogP contribution in [-0.4, -0.2) is 7.11 Å². The molecule has 0 saturated carbocycles. The van der Waals surface area contributed by atoms with Crippen LogP contribution in [-0.2, 0) is 17.3 Å². The molecule has 0 N–H and O–H groups in total. The molecule has 0 aliphatic rings. The summed E-state index contributed by atoms with van der Waals surface area (Å²) in [5.74, 6) is -3.66. The Morgan fingerprint density at radius 2 is 1.57 bits per heavy atom. The molecule has 0 bridgehead atoms. The maximum Gasteiger partial charge on any atom is 0.388 e. The fourth-order valence-electron chi connectivity index (χ4n) is 2.35. The highest BCUT2D eigenvalue weighted by Crippen LogP contribution is 2.36. The zero-order valence-electron chi connectivity index (χ0n) is 12.6. The van der Waals surface area contributed by atoms with E-state index < -0.39 is 29.1 Å². The van der Waals surface area contributed by atoms with Crippen LogP contribution in [0.15, 0.2) is 30.3 Å². The number of benzene rings is 2. The molecule has 124 valence electrons. The summed E-state index contributed by atoms with van der Waals surface area (Å²) in [5, 5.41) is 0.